The average molecular weight is 198 g/mol. The van der Waals surface area contributed by atoms with Gasteiger partial charge in [-0.05, 0) is 0 Å². The summed E-state index contributed by atoms with van der Waals surface area (Å²) in [7, 11) is 0. The van der Waals surface area contributed by atoms with Crippen molar-refractivity contribution >= 4 is 18.3 Å². The molecular formula is C7H10N4O3. The van der Waals surface area contributed by atoms with Crippen molar-refractivity contribution in [3.8, 4) is 0 Å². The number of carbonyl (C=O) groups is 2. The average Bonchev–Trinajstić information content (AvgIpc) is 2.52. The molecular weight excluding hydrogens is 188 g/mol. The van der Waals surface area contributed by atoms with E-state index in [9.17, 15) is 9.59 Å². The van der Waals surface area contributed by atoms with Crippen LogP contribution in [0.4, 0.5) is 10.6 Å². The number of primary amides is 1. The van der Waals surface area contributed by atoms with Gasteiger partial charge in [-0.25, -0.2) is 9.48 Å². The number of nitrogens with zero attached hydrogens (tertiary/aromatic N) is 2. The smallest absolute Gasteiger partial charge is 0.317 e. The van der Waals surface area contributed by atoms with Gasteiger partial charge in [-0.1, -0.05) is 0 Å². The van der Waals surface area contributed by atoms with Gasteiger partial charge < -0.3 is 10.5 Å². The quantitative estimate of drug-likeness (QED) is 0.494. The molecule has 0 radical (unpaired) electrons. The van der Waals surface area contributed by atoms with Gasteiger partial charge in [0.05, 0.1) is 12.7 Å². The second-order valence-electron chi connectivity index (χ2n) is 2.40. The molecule has 0 atom stereocenters. The first-order valence-corrected chi connectivity index (χ1v) is 3.87. The molecule has 0 aliphatic carbocycles. The SMILES string of the molecule is NC(=O)Nc1ccnn1CCOC=O. The number of nitrogens with one attached hydrogen (secondary N) is 1. The Morgan fingerprint density at radius 2 is 2.57 bits per heavy atom. The van der Waals surface area contributed by atoms with Crippen LogP contribution < -0.4 is 11.1 Å². The standard InChI is InChI=1S/C7H10N4O3/c8-7(13)10-6-1-2-9-11(6)3-4-14-5-12/h1-2,5H,3-4H2,(H3,8,10,13). The number of anilines is 1. The summed E-state index contributed by atoms with van der Waals surface area (Å²) in [6, 6.07) is 0.925. The molecule has 0 fully saturated rings. The fourth-order valence-electron chi connectivity index (χ4n) is 0.931. The molecule has 7 nitrogen and oxygen atoms in total. The Hall–Kier alpha value is -2.05. The van der Waals surface area contributed by atoms with Crippen molar-refractivity contribution in [2.45, 2.75) is 6.54 Å². The maximum absolute atomic E-state index is 10.5. The molecule has 0 aliphatic heterocycles. The zero-order chi connectivity index (χ0) is 10.4. The molecule has 0 saturated carbocycles. The van der Waals surface area contributed by atoms with Gasteiger partial charge in [-0.3, -0.25) is 10.1 Å². The van der Waals surface area contributed by atoms with Gasteiger partial charge in [-0.2, -0.15) is 5.10 Å². The minimum Gasteiger partial charge on any atom is -0.466 e. The summed E-state index contributed by atoms with van der Waals surface area (Å²) in [5, 5.41) is 6.27. The van der Waals surface area contributed by atoms with Crippen LogP contribution in [0.5, 0.6) is 0 Å². The lowest BCUT2D eigenvalue weighted by atomic mass is 10.6. The van der Waals surface area contributed by atoms with Crippen LogP contribution in [0.3, 0.4) is 0 Å². The van der Waals surface area contributed by atoms with Crippen LogP contribution in [0.25, 0.3) is 0 Å². The second-order valence-corrected chi connectivity index (χ2v) is 2.40. The minimum absolute atomic E-state index is 0.193. The Labute approximate surface area is 79.8 Å². The molecule has 0 unspecified atom stereocenters. The molecule has 0 bridgehead atoms. The number of urea groups is 1. The lowest BCUT2D eigenvalue weighted by Crippen LogP contribution is -2.22. The molecule has 0 aromatic carbocycles. The minimum atomic E-state index is -0.664. The van der Waals surface area contributed by atoms with E-state index in [4.69, 9.17) is 5.73 Å². The van der Waals surface area contributed by atoms with Crippen LogP contribution >= 0.6 is 0 Å². The van der Waals surface area contributed by atoms with E-state index in [1.54, 1.807) is 6.07 Å². The zero-order valence-electron chi connectivity index (χ0n) is 7.34. The van der Waals surface area contributed by atoms with Crippen molar-refractivity contribution in [2.24, 2.45) is 5.73 Å². The Bertz CT molecular complexity index is 322. The highest BCUT2D eigenvalue weighted by Gasteiger charge is 2.03. The predicted octanol–water partition coefficient (Wildman–Crippen LogP) is -0.453. The van der Waals surface area contributed by atoms with Crippen LogP contribution in [0.2, 0.25) is 0 Å². The number of nitrogens with two attached hydrogens (primary N) is 1. The van der Waals surface area contributed by atoms with Crippen LogP contribution in [0, 0.1) is 0 Å². The molecule has 76 valence electrons. The zero-order valence-corrected chi connectivity index (χ0v) is 7.34. The first-order valence-electron chi connectivity index (χ1n) is 3.87. The number of ether oxygens (including phenoxy) is 1. The number of hydrogen-bond donors (Lipinski definition) is 2. The maximum Gasteiger partial charge on any atom is 0.317 e. The highest BCUT2D eigenvalue weighted by atomic mass is 16.5. The molecule has 1 heterocycles. The Kier molecular flexibility index (Phi) is 3.48. The topological polar surface area (TPSA) is 99.2 Å². The number of rotatable bonds is 5. The number of aromatic nitrogens is 2. The van der Waals surface area contributed by atoms with Crippen molar-refractivity contribution in [2.75, 3.05) is 11.9 Å². The fourth-order valence-corrected chi connectivity index (χ4v) is 0.931. The van der Waals surface area contributed by atoms with E-state index in [2.05, 4.69) is 15.2 Å². The number of carbonyl (C=O) groups excluding carboxylic acids is 2. The van der Waals surface area contributed by atoms with E-state index in [-0.39, 0.29) is 6.61 Å². The number of amides is 2. The van der Waals surface area contributed by atoms with E-state index in [1.807, 2.05) is 0 Å². The van der Waals surface area contributed by atoms with Crippen molar-refractivity contribution in [3.63, 3.8) is 0 Å². The molecule has 0 aliphatic rings. The molecule has 3 N–H and O–H groups in total. The fraction of sp³-hybridized carbons (Fsp3) is 0.286. The summed E-state index contributed by atoms with van der Waals surface area (Å²) in [6.45, 7) is 0.907. The second kappa shape index (κ2) is 4.85. The van der Waals surface area contributed by atoms with E-state index >= 15 is 0 Å². The molecule has 1 aromatic rings. The molecule has 2 amide bonds. The van der Waals surface area contributed by atoms with Gasteiger partial charge in [0, 0.05) is 6.07 Å². The van der Waals surface area contributed by atoms with Crippen LogP contribution in [-0.2, 0) is 16.1 Å². The monoisotopic (exact) mass is 198 g/mol. The first kappa shape index (κ1) is 10.0. The van der Waals surface area contributed by atoms with Crippen LogP contribution in [-0.4, -0.2) is 28.9 Å². The Morgan fingerprint density at radius 1 is 1.79 bits per heavy atom. The van der Waals surface area contributed by atoms with Gasteiger partial charge in [-0.15, -0.1) is 0 Å². The van der Waals surface area contributed by atoms with E-state index in [0.29, 0.717) is 18.8 Å². The maximum atomic E-state index is 10.5. The lowest BCUT2D eigenvalue weighted by molar-refractivity contribution is -0.128. The lowest BCUT2D eigenvalue weighted by Gasteiger charge is -2.05. The summed E-state index contributed by atoms with van der Waals surface area (Å²) < 4.78 is 5.95. The van der Waals surface area contributed by atoms with Gasteiger partial charge in [0.1, 0.15) is 12.4 Å². The molecule has 1 rings (SSSR count). The van der Waals surface area contributed by atoms with Crippen molar-refractivity contribution in [1.82, 2.24) is 9.78 Å². The third-order valence-corrected chi connectivity index (χ3v) is 1.46. The van der Waals surface area contributed by atoms with E-state index in [0.717, 1.165) is 0 Å². The Balaban J connectivity index is 2.53. The van der Waals surface area contributed by atoms with Crippen LogP contribution in [0.15, 0.2) is 12.3 Å². The Morgan fingerprint density at radius 3 is 3.21 bits per heavy atom. The molecule has 1 aromatic heterocycles. The van der Waals surface area contributed by atoms with Crippen LogP contribution in [0.1, 0.15) is 0 Å². The highest BCUT2D eigenvalue weighted by Crippen LogP contribution is 2.04. The third-order valence-electron chi connectivity index (χ3n) is 1.46. The van der Waals surface area contributed by atoms with Crippen molar-refractivity contribution in [3.05, 3.63) is 12.3 Å². The molecule has 14 heavy (non-hydrogen) atoms. The van der Waals surface area contributed by atoms with Crippen molar-refractivity contribution < 1.29 is 14.3 Å². The summed E-state index contributed by atoms with van der Waals surface area (Å²) in [5.74, 6) is 0.465. The van der Waals surface area contributed by atoms with Gasteiger partial charge in [0.2, 0.25) is 0 Å². The predicted molar refractivity (Wildman–Crippen MR) is 47.4 cm³/mol. The summed E-state index contributed by atoms with van der Waals surface area (Å²) in [6.07, 6.45) is 1.51. The largest absolute Gasteiger partial charge is 0.466 e. The molecule has 7 heteroatoms. The van der Waals surface area contributed by atoms with Gasteiger partial charge >= 0.3 is 6.03 Å². The highest BCUT2D eigenvalue weighted by molar-refractivity contribution is 5.86. The van der Waals surface area contributed by atoms with Gasteiger partial charge in [0.25, 0.3) is 6.47 Å². The third kappa shape index (κ3) is 2.77. The number of hydrogen-bond acceptors (Lipinski definition) is 4. The van der Waals surface area contributed by atoms with Crippen molar-refractivity contribution in [1.29, 1.82) is 0 Å². The van der Waals surface area contributed by atoms with E-state index < -0.39 is 6.03 Å². The summed E-state index contributed by atoms with van der Waals surface area (Å²) in [4.78, 5) is 20.4. The first-order chi connectivity index (χ1) is 6.74. The molecule has 0 spiro atoms. The summed E-state index contributed by atoms with van der Waals surface area (Å²) in [5.41, 5.74) is 4.93. The van der Waals surface area contributed by atoms with Gasteiger partial charge in [0.15, 0.2) is 0 Å². The normalized spacial score (nSPS) is 9.43. The van der Waals surface area contributed by atoms with E-state index in [1.165, 1.54) is 10.9 Å². The molecule has 0 saturated heterocycles. The summed E-state index contributed by atoms with van der Waals surface area (Å²) >= 11 is 0.